The molecule has 0 radical (unpaired) electrons. The van der Waals surface area contributed by atoms with Gasteiger partial charge in [-0.15, -0.1) is 0 Å². The smallest absolute Gasteiger partial charge is 0.137 e. The van der Waals surface area contributed by atoms with E-state index in [1.54, 1.807) is 0 Å². The Morgan fingerprint density at radius 2 is 1.94 bits per heavy atom. The van der Waals surface area contributed by atoms with Crippen molar-refractivity contribution in [1.82, 2.24) is 4.90 Å². The molecular weight excluding hydrogens is 210 g/mol. The van der Waals surface area contributed by atoms with Crippen LogP contribution in [-0.2, 0) is 4.79 Å². The highest BCUT2D eigenvalue weighted by Gasteiger charge is 2.31. The second kappa shape index (κ2) is 5.99. The Balaban J connectivity index is 1.86. The first kappa shape index (κ1) is 13.1. The lowest BCUT2D eigenvalue weighted by Gasteiger charge is -2.35. The monoisotopic (exact) mass is 237 g/mol. The lowest BCUT2D eigenvalue weighted by Crippen LogP contribution is -2.39. The number of nitrogens with zero attached hydrogens (tertiary/aromatic N) is 1. The van der Waals surface area contributed by atoms with Crippen LogP contribution in [0.15, 0.2) is 0 Å². The molecule has 0 N–H and O–H groups in total. The SMILES string of the molecule is CC(C)C1CCC(=O)C(CN2CCCCC2)C1. The number of hydrogen-bond acceptors (Lipinski definition) is 2. The summed E-state index contributed by atoms with van der Waals surface area (Å²) in [6, 6.07) is 0. The van der Waals surface area contributed by atoms with Crippen molar-refractivity contribution in [3.05, 3.63) is 0 Å². The van der Waals surface area contributed by atoms with E-state index in [4.69, 9.17) is 0 Å². The molecule has 0 aromatic rings. The molecule has 2 nitrogen and oxygen atoms in total. The maximum absolute atomic E-state index is 12.0. The molecule has 1 aliphatic carbocycles. The molecular formula is C15H27NO. The largest absolute Gasteiger partial charge is 0.303 e. The van der Waals surface area contributed by atoms with Crippen molar-refractivity contribution >= 4 is 5.78 Å². The first-order chi connectivity index (χ1) is 8.16. The van der Waals surface area contributed by atoms with Gasteiger partial charge < -0.3 is 4.90 Å². The lowest BCUT2D eigenvalue weighted by molar-refractivity contribution is -0.126. The highest BCUT2D eigenvalue weighted by Crippen LogP contribution is 2.32. The van der Waals surface area contributed by atoms with Crippen LogP contribution in [0.3, 0.4) is 0 Å². The van der Waals surface area contributed by atoms with E-state index in [2.05, 4.69) is 18.7 Å². The van der Waals surface area contributed by atoms with E-state index in [1.165, 1.54) is 32.4 Å². The number of rotatable bonds is 3. The Labute approximate surface area is 106 Å². The van der Waals surface area contributed by atoms with Crippen LogP contribution in [0.2, 0.25) is 0 Å². The average Bonchev–Trinajstić information content (AvgIpc) is 2.33. The number of carbonyl (C=O) groups excluding carboxylic acids is 1. The van der Waals surface area contributed by atoms with Gasteiger partial charge in [-0.05, 0) is 50.6 Å². The van der Waals surface area contributed by atoms with Gasteiger partial charge in [0.1, 0.15) is 5.78 Å². The van der Waals surface area contributed by atoms with Crippen LogP contribution >= 0.6 is 0 Å². The predicted octanol–water partition coefficient (Wildman–Crippen LogP) is 3.11. The van der Waals surface area contributed by atoms with E-state index in [0.29, 0.717) is 11.7 Å². The molecule has 0 spiro atoms. The third-order valence-electron chi connectivity index (χ3n) is 4.67. The van der Waals surface area contributed by atoms with Gasteiger partial charge in [0.15, 0.2) is 0 Å². The summed E-state index contributed by atoms with van der Waals surface area (Å²) in [5.41, 5.74) is 0. The van der Waals surface area contributed by atoms with E-state index in [0.717, 1.165) is 37.6 Å². The molecule has 1 saturated heterocycles. The van der Waals surface area contributed by atoms with Crippen LogP contribution in [0, 0.1) is 17.8 Å². The van der Waals surface area contributed by atoms with Gasteiger partial charge in [-0.3, -0.25) is 4.79 Å². The van der Waals surface area contributed by atoms with Gasteiger partial charge in [0, 0.05) is 18.9 Å². The molecule has 98 valence electrons. The molecule has 2 atom stereocenters. The minimum atomic E-state index is 0.342. The summed E-state index contributed by atoms with van der Waals surface area (Å²) in [5, 5.41) is 0. The maximum atomic E-state index is 12.0. The zero-order chi connectivity index (χ0) is 12.3. The molecule has 2 unspecified atom stereocenters. The number of likely N-dealkylation sites (tertiary alicyclic amines) is 1. The highest BCUT2D eigenvalue weighted by atomic mass is 16.1. The standard InChI is InChI=1S/C15H27NO/c1-12(2)13-6-7-15(17)14(10-13)11-16-8-4-3-5-9-16/h12-14H,3-11H2,1-2H3. The zero-order valence-electron chi connectivity index (χ0n) is 11.5. The van der Waals surface area contributed by atoms with Crippen molar-refractivity contribution in [2.45, 2.75) is 52.4 Å². The zero-order valence-corrected chi connectivity index (χ0v) is 11.5. The molecule has 2 rings (SSSR count). The third-order valence-corrected chi connectivity index (χ3v) is 4.67. The minimum absolute atomic E-state index is 0.342. The summed E-state index contributed by atoms with van der Waals surface area (Å²) in [7, 11) is 0. The fourth-order valence-electron chi connectivity index (χ4n) is 3.38. The summed E-state index contributed by atoms with van der Waals surface area (Å²) < 4.78 is 0. The Hall–Kier alpha value is -0.370. The Morgan fingerprint density at radius 3 is 2.59 bits per heavy atom. The quantitative estimate of drug-likeness (QED) is 0.751. The molecule has 0 aromatic heterocycles. The molecule has 1 saturated carbocycles. The van der Waals surface area contributed by atoms with Gasteiger partial charge in [-0.25, -0.2) is 0 Å². The fourth-order valence-corrected chi connectivity index (χ4v) is 3.38. The number of carbonyl (C=O) groups is 1. The molecule has 0 amide bonds. The van der Waals surface area contributed by atoms with Crippen LogP contribution in [0.5, 0.6) is 0 Å². The normalized spacial score (nSPS) is 32.1. The van der Waals surface area contributed by atoms with E-state index in [9.17, 15) is 4.79 Å². The van der Waals surface area contributed by atoms with Crippen LogP contribution in [0.25, 0.3) is 0 Å². The third kappa shape index (κ3) is 3.54. The van der Waals surface area contributed by atoms with Crippen molar-refractivity contribution in [2.24, 2.45) is 17.8 Å². The second-order valence-corrected chi connectivity index (χ2v) is 6.30. The minimum Gasteiger partial charge on any atom is -0.303 e. The van der Waals surface area contributed by atoms with Crippen molar-refractivity contribution < 1.29 is 4.79 Å². The van der Waals surface area contributed by atoms with Gasteiger partial charge in [-0.1, -0.05) is 20.3 Å². The second-order valence-electron chi connectivity index (χ2n) is 6.30. The van der Waals surface area contributed by atoms with Crippen LogP contribution in [-0.4, -0.2) is 30.3 Å². The Morgan fingerprint density at radius 1 is 1.24 bits per heavy atom. The van der Waals surface area contributed by atoms with Crippen LogP contribution < -0.4 is 0 Å². The number of hydrogen-bond donors (Lipinski definition) is 0. The number of ketones is 1. The van der Waals surface area contributed by atoms with E-state index in [1.807, 2.05) is 0 Å². The molecule has 2 heteroatoms. The molecule has 1 heterocycles. The van der Waals surface area contributed by atoms with Crippen molar-refractivity contribution in [2.75, 3.05) is 19.6 Å². The first-order valence-corrected chi connectivity index (χ1v) is 7.42. The van der Waals surface area contributed by atoms with Gasteiger partial charge in [-0.2, -0.15) is 0 Å². The van der Waals surface area contributed by atoms with Gasteiger partial charge >= 0.3 is 0 Å². The molecule has 0 bridgehead atoms. The summed E-state index contributed by atoms with van der Waals surface area (Å²) in [6.45, 7) is 8.09. The van der Waals surface area contributed by atoms with Crippen LogP contribution in [0.4, 0.5) is 0 Å². The number of piperidine rings is 1. The summed E-state index contributed by atoms with van der Waals surface area (Å²) >= 11 is 0. The fraction of sp³-hybridized carbons (Fsp3) is 0.933. The lowest BCUT2D eigenvalue weighted by atomic mass is 9.75. The highest BCUT2D eigenvalue weighted by molar-refractivity contribution is 5.82. The molecule has 2 aliphatic rings. The Kier molecular flexibility index (Phi) is 4.61. The van der Waals surface area contributed by atoms with Crippen molar-refractivity contribution in [1.29, 1.82) is 0 Å². The van der Waals surface area contributed by atoms with Gasteiger partial charge in [0.2, 0.25) is 0 Å². The topological polar surface area (TPSA) is 20.3 Å². The first-order valence-electron chi connectivity index (χ1n) is 7.42. The summed E-state index contributed by atoms with van der Waals surface area (Å²) in [4.78, 5) is 14.5. The van der Waals surface area contributed by atoms with Gasteiger partial charge in [0.05, 0.1) is 0 Å². The van der Waals surface area contributed by atoms with Crippen molar-refractivity contribution in [3.8, 4) is 0 Å². The number of Topliss-reactive ketones (excluding diaryl/α,β-unsaturated/α-hetero) is 1. The molecule has 1 aliphatic heterocycles. The summed E-state index contributed by atoms with van der Waals surface area (Å²) in [5.74, 6) is 2.40. The molecule has 0 aromatic carbocycles. The average molecular weight is 237 g/mol. The molecule has 2 fully saturated rings. The van der Waals surface area contributed by atoms with E-state index in [-0.39, 0.29) is 0 Å². The predicted molar refractivity (Wildman–Crippen MR) is 71.0 cm³/mol. The Bertz CT molecular complexity index is 256. The summed E-state index contributed by atoms with van der Waals surface area (Å²) in [6.07, 6.45) is 7.15. The van der Waals surface area contributed by atoms with Crippen molar-refractivity contribution in [3.63, 3.8) is 0 Å². The molecule has 17 heavy (non-hydrogen) atoms. The van der Waals surface area contributed by atoms with Crippen LogP contribution in [0.1, 0.15) is 52.4 Å². The van der Waals surface area contributed by atoms with E-state index >= 15 is 0 Å². The van der Waals surface area contributed by atoms with E-state index < -0.39 is 0 Å². The van der Waals surface area contributed by atoms with Gasteiger partial charge in [0.25, 0.3) is 0 Å². The maximum Gasteiger partial charge on any atom is 0.137 e.